The Morgan fingerprint density at radius 2 is 2.17 bits per heavy atom. The smallest absolute Gasteiger partial charge is 0.125 e. The number of hydrogen-bond donors (Lipinski definition) is 1. The van der Waals surface area contributed by atoms with Crippen molar-refractivity contribution in [2.24, 2.45) is 0 Å². The first-order chi connectivity index (χ1) is 8.70. The summed E-state index contributed by atoms with van der Waals surface area (Å²) < 4.78 is 5.52. The summed E-state index contributed by atoms with van der Waals surface area (Å²) in [6.45, 7) is 5.14. The number of furan rings is 1. The van der Waals surface area contributed by atoms with E-state index in [1.807, 2.05) is 31.2 Å². The van der Waals surface area contributed by atoms with E-state index < -0.39 is 0 Å². The molecule has 0 aliphatic rings. The van der Waals surface area contributed by atoms with Gasteiger partial charge in [0.25, 0.3) is 0 Å². The number of aryl methyl sites for hydroxylation is 1. The molecule has 0 radical (unpaired) electrons. The number of rotatable bonds is 5. The molecule has 1 N–H and O–H groups in total. The third-order valence-corrected chi connectivity index (χ3v) is 3.04. The fourth-order valence-corrected chi connectivity index (χ4v) is 2.36. The Morgan fingerprint density at radius 1 is 1.33 bits per heavy atom. The third-order valence-electron chi connectivity index (χ3n) is 2.82. The standard InChI is InChI=1S/C15H18ClNO/c1-3-6-17-15(14-5-4-7-18-14)12-8-11(2)9-13(16)10-12/h4-5,7-10,15,17H,3,6H2,1-2H3. The van der Waals surface area contributed by atoms with Crippen molar-refractivity contribution in [1.29, 1.82) is 0 Å². The zero-order valence-electron chi connectivity index (χ0n) is 10.7. The molecule has 2 rings (SSSR count). The van der Waals surface area contributed by atoms with Gasteiger partial charge in [-0.15, -0.1) is 0 Å². The van der Waals surface area contributed by atoms with Gasteiger partial charge in [0.05, 0.1) is 12.3 Å². The van der Waals surface area contributed by atoms with Crippen LogP contribution in [0, 0.1) is 6.92 Å². The minimum Gasteiger partial charge on any atom is -0.467 e. The lowest BCUT2D eigenvalue weighted by molar-refractivity contribution is 0.446. The largest absolute Gasteiger partial charge is 0.467 e. The molecule has 2 nitrogen and oxygen atoms in total. The van der Waals surface area contributed by atoms with Crippen molar-refractivity contribution in [3.05, 3.63) is 58.5 Å². The van der Waals surface area contributed by atoms with E-state index in [4.69, 9.17) is 16.0 Å². The SMILES string of the molecule is CCCNC(c1cc(C)cc(Cl)c1)c1ccco1. The number of nitrogens with one attached hydrogen (secondary N) is 1. The average molecular weight is 264 g/mol. The second kappa shape index (κ2) is 6.07. The Balaban J connectivity index is 2.33. The van der Waals surface area contributed by atoms with Gasteiger partial charge in [0.15, 0.2) is 0 Å². The Kier molecular flexibility index (Phi) is 4.45. The van der Waals surface area contributed by atoms with Crippen LogP contribution in [0.25, 0.3) is 0 Å². The molecule has 1 aromatic carbocycles. The molecule has 1 atom stereocenters. The van der Waals surface area contributed by atoms with Gasteiger partial charge < -0.3 is 9.73 Å². The van der Waals surface area contributed by atoms with Crippen LogP contribution in [0.4, 0.5) is 0 Å². The van der Waals surface area contributed by atoms with Gasteiger partial charge in [0, 0.05) is 5.02 Å². The van der Waals surface area contributed by atoms with Gasteiger partial charge >= 0.3 is 0 Å². The van der Waals surface area contributed by atoms with Gasteiger partial charge in [-0.1, -0.05) is 24.6 Å². The molecule has 0 aliphatic heterocycles. The van der Waals surface area contributed by atoms with Crippen LogP contribution < -0.4 is 5.32 Å². The van der Waals surface area contributed by atoms with Crippen molar-refractivity contribution in [2.75, 3.05) is 6.54 Å². The first-order valence-electron chi connectivity index (χ1n) is 6.24. The van der Waals surface area contributed by atoms with Crippen molar-refractivity contribution in [1.82, 2.24) is 5.32 Å². The van der Waals surface area contributed by atoms with Crippen LogP contribution in [-0.4, -0.2) is 6.54 Å². The van der Waals surface area contributed by atoms with Gasteiger partial charge in [-0.2, -0.15) is 0 Å². The van der Waals surface area contributed by atoms with Crippen LogP contribution in [0.15, 0.2) is 41.0 Å². The van der Waals surface area contributed by atoms with E-state index in [1.165, 1.54) is 0 Å². The van der Waals surface area contributed by atoms with E-state index >= 15 is 0 Å². The molecule has 3 heteroatoms. The summed E-state index contributed by atoms with van der Waals surface area (Å²) in [6.07, 6.45) is 2.78. The predicted molar refractivity (Wildman–Crippen MR) is 75.0 cm³/mol. The van der Waals surface area contributed by atoms with E-state index in [1.54, 1.807) is 6.26 Å². The number of benzene rings is 1. The molecule has 0 fully saturated rings. The Morgan fingerprint density at radius 3 is 2.78 bits per heavy atom. The zero-order valence-corrected chi connectivity index (χ0v) is 11.5. The highest BCUT2D eigenvalue weighted by Gasteiger charge is 2.16. The molecule has 0 saturated carbocycles. The van der Waals surface area contributed by atoms with Crippen molar-refractivity contribution < 1.29 is 4.42 Å². The molecule has 2 aromatic rings. The quantitative estimate of drug-likeness (QED) is 0.869. The fraction of sp³-hybridized carbons (Fsp3) is 0.333. The van der Waals surface area contributed by atoms with Gasteiger partial charge in [-0.3, -0.25) is 0 Å². The first-order valence-corrected chi connectivity index (χ1v) is 6.62. The predicted octanol–water partition coefficient (Wildman–Crippen LogP) is 4.33. The molecule has 0 bridgehead atoms. The van der Waals surface area contributed by atoms with E-state index in [0.717, 1.165) is 34.9 Å². The maximum absolute atomic E-state index is 6.13. The van der Waals surface area contributed by atoms with Crippen LogP contribution in [0.1, 0.15) is 36.3 Å². The molecule has 1 unspecified atom stereocenters. The van der Waals surface area contributed by atoms with Crippen LogP contribution >= 0.6 is 11.6 Å². The lowest BCUT2D eigenvalue weighted by Crippen LogP contribution is -2.22. The maximum atomic E-state index is 6.13. The zero-order chi connectivity index (χ0) is 13.0. The molecule has 96 valence electrons. The highest BCUT2D eigenvalue weighted by molar-refractivity contribution is 6.30. The molecule has 0 spiro atoms. The summed E-state index contributed by atoms with van der Waals surface area (Å²) in [6, 6.07) is 10.1. The van der Waals surface area contributed by atoms with Gasteiger partial charge in [-0.05, 0) is 55.3 Å². The molecule has 1 heterocycles. The van der Waals surface area contributed by atoms with Crippen molar-refractivity contribution >= 4 is 11.6 Å². The van der Waals surface area contributed by atoms with Crippen LogP contribution in [0.2, 0.25) is 5.02 Å². The normalized spacial score (nSPS) is 12.6. The fourth-order valence-electron chi connectivity index (χ4n) is 2.06. The Bertz CT molecular complexity index is 473. The molecule has 0 saturated heterocycles. The van der Waals surface area contributed by atoms with Crippen LogP contribution in [-0.2, 0) is 0 Å². The second-order valence-electron chi connectivity index (χ2n) is 4.46. The Labute approximate surface area is 113 Å². The first kappa shape index (κ1) is 13.2. The van der Waals surface area contributed by atoms with Gasteiger partial charge in [-0.25, -0.2) is 0 Å². The molecular formula is C15H18ClNO. The highest BCUT2D eigenvalue weighted by Crippen LogP contribution is 2.26. The number of hydrogen-bond acceptors (Lipinski definition) is 2. The summed E-state index contributed by atoms with van der Waals surface area (Å²) >= 11 is 6.13. The molecule has 18 heavy (non-hydrogen) atoms. The number of halogens is 1. The van der Waals surface area contributed by atoms with Gasteiger partial charge in [0.1, 0.15) is 5.76 Å². The van der Waals surface area contributed by atoms with Crippen molar-refractivity contribution in [3.8, 4) is 0 Å². The molecule has 0 amide bonds. The summed E-state index contributed by atoms with van der Waals surface area (Å²) in [4.78, 5) is 0. The minimum atomic E-state index is 0.0670. The molecule has 1 aromatic heterocycles. The average Bonchev–Trinajstić information content (AvgIpc) is 2.82. The molecule has 0 aliphatic carbocycles. The second-order valence-corrected chi connectivity index (χ2v) is 4.90. The molecular weight excluding hydrogens is 246 g/mol. The van der Waals surface area contributed by atoms with Crippen molar-refractivity contribution in [3.63, 3.8) is 0 Å². The lowest BCUT2D eigenvalue weighted by Gasteiger charge is -2.17. The summed E-state index contributed by atoms with van der Waals surface area (Å²) in [5.74, 6) is 0.921. The van der Waals surface area contributed by atoms with E-state index in [9.17, 15) is 0 Å². The van der Waals surface area contributed by atoms with Crippen molar-refractivity contribution in [2.45, 2.75) is 26.3 Å². The summed E-state index contributed by atoms with van der Waals surface area (Å²) in [5, 5.41) is 4.25. The minimum absolute atomic E-state index is 0.0670. The third kappa shape index (κ3) is 3.15. The van der Waals surface area contributed by atoms with Crippen LogP contribution in [0.5, 0.6) is 0 Å². The Hall–Kier alpha value is -1.25. The topological polar surface area (TPSA) is 25.2 Å². The van der Waals surface area contributed by atoms with E-state index in [2.05, 4.69) is 18.3 Å². The summed E-state index contributed by atoms with van der Waals surface area (Å²) in [5.41, 5.74) is 2.30. The summed E-state index contributed by atoms with van der Waals surface area (Å²) in [7, 11) is 0. The highest BCUT2D eigenvalue weighted by atomic mass is 35.5. The van der Waals surface area contributed by atoms with E-state index in [0.29, 0.717) is 0 Å². The van der Waals surface area contributed by atoms with Crippen LogP contribution in [0.3, 0.4) is 0 Å². The lowest BCUT2D eigenvalue weighted by atomic mass is 10.0. The van der Waals surface area contributed by atoms with Gasteiger partial charge in [0.2, 0.25) is 0 Å². The van der Waals surface area contributed by atoms with E-state index in [-0.39, 0.29) is 6.04 Å². The monoisotopic (exact) mass is 263 g/mol. The maximum Gasteiger partial charge on any atom is 0.125 e.